The Bertz CT molecular complexity index is 1230. The number of H-pyrrole nitrogens is 1. The maximum atomic E-state index is 14.0. The van der Waals surface area contributed by atoms with Gasteiger partial charge < -0.3 is 4.98 Å². The molecule has 0 unspecified atom stereocenters. The van der Waals surface area contributed by atoms with Gasteiger partial charge in [0.25, 0.3) is 0 Å². The molecule has 0 atom stereocenters. The summed E-state index contributed by atoms with van der Waals surface area (Å²) in [5.74, 6) is -4.26. The van der Waals surface area contributed by atoms with E-state index in [0.29, 0.717) is 0 Å². The number of benzene rings is 2. The molecule has 2 heterocycles. The van der Waals surface area contributed by atoms with Crippen molar-refractivity contribution in [2.45, 2.75) is 0 Å². The largest absolute Gasteiger partial charge is 0.446 e. The quantitative estimate of drug-likeness (QED) is 0.549. The van der Waals surface area contributed by atoms with Crippen molar-refractivity contribution in [1.82, 2.24) is 19.7 Å². The fourth-order valence-corrected chi connectivity index (χ4v) is 2.88. The lowest BCUT2D eigenvalue weighted by molar-refractivity contribution is 0.383. The maximum absolute atomic E-state index is 14.0. The van der Waals surface area contributed by atoms with Crippen LogP contribution in [0.3, 0.4) is 0 Å². The van der Waals surface area contributed by atoms with Gasteiger partial charge in [-0.3, -0.25) is 4.52 Å². The Labute approximate surface area is 151 Å². The molecule has 11 heteroatoms. The predicted molar refractivity (Wildman–Crippen MR) is 87.1 cm³/mol. The van der Waals surface area contributed by atoms with Gasteiger partial charge in [-0.2, -0.15) is 0 Å². The van der Waals surface area contributed by atoms with Gasteiger partial charge in [-0.1, -0.05) is 16.8 Å². The Morgan fingerprint density at radius 1 is 1.12 bits per heavy atom. The standard InChI is InChI=1S/C15H5Cl2F3N4O2/c16-7-3-5(1-2-8(7)18)24-13(23-26-15(24)25)6-4-9(19)10(20)12-11(6)21-14(17)22-12/h1-4H,(H,21,22). The summed E-state index contributed by atoms with van der Waals surface area (Å²) in [4.78, 5) is 18.3. The van der Waals surface area contributed by atoms with Crippen molar-refractivity contribution in [3.63, 3.8) is 0 Å². The van der Waals surface area contributed by atoms with Gasteiger partial charge in [-0.05, 0) is 35.9 Å². The second kappa shape index (κ2) is 5.89. The molecule has 0 amide bonds. The number of imidazole rings is 1. The van der Waals surface area contributed by atoms with Crippen molar-refractivity contribution >= 4 is 34.2 Å². The third-order valence-corrected chi connectivity index (χ3v) is 4.11. The summed E-state index contributed by atoms with van der Waals surface area (Å²) in [6, 6.07) is 4.26. The molecule has 0 radical (unpaired) electrons. The summed E-state index contributed by atoms with van der Waals surface area (Å²) in [5, 5.41) is 3.17. The first-order valence-corrected chi connectivity index (χ1v) is 7.70. The molecule has 0 fully saturated rings. The minimum absolute atomic E-state index is 0.00385. The van der Waals surface area contributed by atoms with Crippen molar-refractivity contribution in [3.05, 3.63) is 62.6 Å². The number of fused-ring (bicyclic) bond motifs is 1. The van der Waals surface area contributed by atoms with E-state index < -0.39 is 23.2 Å². The highest BCUT2D eigenvalue weighted by molar-refractivity contribution is 6.31. The van der Waals surface area contributed by atoms with Crippen LogP contribution in [-0.2, 0) is 0 Å². The van der Waals surface area contributed by atoms with Crippen LogP contribution in [-0.4, -0.2) is 19.7 Å². The third kappa shape index (κ3) is 2.47. The fraction of sp³-hybridized carbons (Fsp3) is 0. The first kappa shape index (κ1) is 16.7. The minimum Gasteiger partial charge on any atom is -0.328 e. The van der Waals surface area contributed by atoms with Gasteiger partial charge >= 0.3 is 5.76 Å². The Morgan fingerprint density at radius 3 is 2.62 bits per heavy atom. The van der Waals surface area contributed by atoms with Crippen LogP contribution >= 0.6 is 23.2 Å². The van der Waals surface area contributed by atoms with Crippen LogP contribution in [0, 0.1) is 17.5 Å². The Balaban J connectivity index is 2.05. The Kier molecular flexibility index (Phi) is 3.78. The molecule has 2 aromatic carbocycles. The van der Waals surface area contributed by atoms with Crippen molar-refractivity contribution in [2.24, 2.45) is 0 Å². The fourth-order valence-electron chi connectivity index (χ4n) is 2.52. The Hall–Kier alpha value is -2.78. The lowest BCUT2D eigenvalue weighted by Crippen LogP contribution is -2.13. The van der Waals surface area contributed by atoms with Gasteiger partial charge in [-0.25, -0.2) is 27.5 Å². The molecular weight excluding hydrogens is 396 g/mol. The van der Waals surface area contributed by atoms with E-state index in [4.69, 9.17) is 23.2 Å². The second-order valence-corrected chi connectivity index (χ2v) is 5.94. The van der Waals surface area contributed by atoms with Crippen LogP contribution in [0.15, 0.2) is 33.6 Å². The topological polar surface area (TPSA) is 76.7 Å². The normalized spacial score (nSPS) is 11.4. The molecular formula is C15H5Cl2F3N4O2. The first-order valence-electron chi connectivity index (χ1n) is 6.94. The van der Waals surface area contributed by atoms with Crippen LogP contribution in [0.1, 0.15) is 0 Å². The number of aromatic nitrogens is 4. The molecule has 4 aromatic rings. The highest BCUT2D eigenvalue weighted by Gasteiger charge is 2.23. The monoisotopic (exact) mass is 400 g/mol. The summed E-state index contributed by atoms with van der Waals surface area (Å²) >= 11 is 11.5. The molecule has 26 heavy (non-hydrogen) atoms. The van der Waals surface area contributed by atoms with Gasteiger partial charge in [0.15, 0.2) is 17.5 Å². The van der Waals surface area contributed by atoms with Crippen molar-refractivity contribution in [3.8, 4) is 17.1 Å². The van der Waals surface area contributed by atoms with Crippen molar-refractivity contribution < 1.29 is 17.7 Å². The summed E-state index contributed by atoms with van der Waals surface area (Å²) in [6.45, 7) is 0. The molecule has 6 nitrogen and oxygen atoms in total. The number of rotatable bonds is 2. The highest BCUT2D eigenvalue weighted by Crippen LogP contribution is 2.31. The lowest BCUT2D eigenvalue weighted by atomic mass is 10.1. The van der Waals surface area contributed by atoms with E-state index >= 15 is 0 Å². The number of nitrogens with one attached hydrogen (secondary N) is 1. The van der Waals surface area contributed by atoms with Gasteiger partial charge in [0.1, 0.15) is 11.3 Å². The molecule has 0 bridgehead atoms. The third-order valence-electron chi connectivity index (χ3n) is 3.64. The molecule has 0 aliphatic heterocycles. The highest BCUT2D eigenvalue weighted by atomic mass is 35.5. The van der Waals surface area contributed by atoms with Crippen molar-refractivity contribution in [2.75, 3.05) is 0 Å². The zero-order chi connectivity index (χ0) is 18.6. The number of halogens is 5. The van der Waals surface area contributed by atoms with Gasteiger partial charge in [0.2, 0.25) is 5.28 Å². The molecule has 0 spiro atoms. The average Bonchev–Trinajstić information content (AvgIpc) is 3.17. The smallest absolute Gasteiger partial charge is 0.328 e. The predicted octanol–water partition coefficient (Wildman–Crippen LogP) is 4.09. The molecule has 4 rings (SSSR count). The Morgan fingerprint density at radius 2 is 1.88 bits per heavy atom. The number of nitrogens with zero attached hydrogens (tertiary/aromatic N) is 3. The number of hydrogen-bond acceptors (Lipinski definition) is 4. The number of aromatic amines is 1. The van der Waals surface area contributed by atoms with Gasteiger partial charge in [0, 0.05) is 0 Å². The maximum Gasteiger partial charge on any atom is 0.446 e. The van der Waals surface area contributed by atoms with Crippen LogP contribution in [0.25, 0.3) is 28.1 Å². The van der Waals surface area contributed by atoms with E-state index in [-0.39, 0.29) is 38.4 Å². The molecule has 2 aromatic heterocycles. The molecule has 0 aliphatic rings. The molecule has 1 N–H and O–H groups in total. The van der Waals surface area contributed by atoms with E-state index in [0.717, 1.165) is 22.8 Å². The molecule has 132 valence electrons. The van der Waals surface area contributed by atoms with E-state index in [1.165, 1.54) is 6.07 Å². The van der Waals surface area contributed by atoms with Crippen LogP contribution in [0.5, 0.6) is 0 Å². The lowest BCUT2D eigenvalue weighted by Gasteiger charge is -2.07. The molecule has 0 saturated heterocycles. The average molecular weight is 401 g/mol. The molecule has 0 aliphatic carbocycles. The summed E-state index contributed by atoms with van der Waals surface area (Å²) in [7, 11) is 0. The zero-order valence-corrected chi connectivity index (χ0v) is 13.9. The van der Waals surface area contributed by atoms with Gasteiger partial charge in [-0.15, -0.1) is 0 Å². The molecule has 0 saturated carbocycles. The number of hydrogen-bond donors (Lipinski definition) is 1. The van der Waals surface area contributed by atoms with E-state index in [2.05, 4.69) is 19.6 Å². The first-order chi connectivity index (χ1) is 12.4. The SMILES string of the molecule is O=c1onc(-c2cc(F)c(F)c3nc(Cl)[nH]c23)n1-c1ccc(F)c(Cl)c1. The van der Waals surface area contributed by atoms with E-state index in [9.17, 15) is 18.0 Å². The minimum atomic E-state index is -1.23. The van der Waals surface area contributed by atoms with E-state index in [1.54, 1.807) is 0 Å². The van der Waals surface area contributed by atoms with E-state index in [1.807, 2.05) is 0 Å². The summed E-state index contributed by atoms with van der Waals surface area (Å²) < 4.78 is 46.9. The van der Waals surface area contributed by atoms with Crippen LogP contribution in [0.2, 0.25) is 10.3 Å². The summed E-state index contributed by atoms with van der Waals surface area (Å²) in [6.07, 6.45) is 0. The van der Waals surface area contributed by atoms with Crippen LogP contribution < -0.4 is 5.76 Å². The van der Waals surface area contributed by atoms with Gasteiger partial charge in [0.05, 0.1) is 21.8 Å². The second-order valence-electron chi connectivity index (χ2n) is 5.18. The summed E-state index contributed by atoms with van der Waals surface area (Å²) in [5.41, 5.74) is -0.293. The van der Waals surface area contributed by atoms with Crippen LogP contribution in [0.4, 0.5) is 13.2 Å². The van der Waals surface area contributed by atoms with Crippen molar-refractivity contribution in [1.29, 1.82) is 0 Å². The zero-order valence-electron chi connectivity index (χ0n) is 12.4.